The molecule has 0 aliphatic carbocycles. The van der Waals surface area contributed by atoms with Crippen LogP contribution in [0.4, 0.5) is 0 Å². The Hall–Kier alpha value is -1.29. The van der Waals surface area contributed by atoms with Crippen LogP contribution in [0.5, 0.6) is 0 Å². The first-order valence-corrected chi connectivity index (χ1v) is 8.84. The molecule has 0 saturated heterocycles. The zero-order valence-electron chi connectivity index (χ0n) is 15.8. The summed E-state index contributed by atoms with van der Waals surface area (Å²) in [5, 5.41) is 8.85. The summed E-state index contributed by atoms with van der Waals surface area (Å²) < 4.78 is 0. The van der Waals surface area contributed by atoms with E-state index in [9.17, 15) is 0 Å². The van der Waals surface area contributed by atoms with E-state index in [1.165, 1.54) is 41.5 Å². The molecule has 0 aliphatic heterocycles. The number of nitrogens with zero attached hydrogens (tertiary/aromatic N) is 1. The Morgan fingerprint density at radius 2 is 1.32 bits per heavy atom. The number of rotatable bonds is 6. The van der Waals surface area contributed by atoms with E-state index in [-0.39, 0.29) is 5.92 Å². The predicted molar refractivity (Wildman–Crippen MR) is 98.1 cm³/mol. The first kappa shape index (κ1) is 20.7. The smallest absolute Gasteiger partial charge is 0.0652 e. The highest BCUT2D eigenvalue weighted by Gasteiger charge is 2.07. The second-order valence-corrected chi connectivity index (χ2v) is 6.91. The van der Waals surface area contributed by atoms with Crippen LogP contribution in [0.3, 0.4) is 0 Å². The fourth-order valence-electron chi connectivity index (χ4n) is 2.36. The van der Waals surface area contributed by atoms with E-state index in [4.69, 9.17) is 5.26 Å². The molecule has 0 heterocycles. The number of benzene rings is 1. The van der Waals surface area contributed by atoms with Crippen LogP contribution in [-0.4, -0.2) is 0 Å². The van der Waals surface area contributed by atoms with Crippen molar-refractivity contribution in [2.75, 3.05) is 0 Å². The summed E-state index contributed by atoms with van der Waals surface area (Å²) in [5.41, 5.74) is 5.69. The summed E-state index contributed by atoms with van der Waals surface area (Å²) >= 11 is 0. The van der Waals surface area contributed by atoms with Crippen LogP contribution in [0.25, 0.3) is 0 Å². The van der Waals surface area contributed by atoms with Crippen molar-refractivity contribution in [1.82, 2.24) is 0 Å². The molecule has 0 aromatic heterocycles. The largest absolute Gasteiger partial charge is 0.198 e. The molecule has 1 nitrogen and oxygen atoms in total. The third-order valence-corrected chi connectivity index (χ3v) is 3.85. The average molecular weight is 302 g/mol. The van der Waals surface area contributed by atoms with Crippen LogP contribution in [0.2, 0.25) is 0 Å². The van der Waals surface area contributed by atoms with Gasteiger partial charge < -0.3 is 0 Å². The van der Waals surface area contributed by atoms with E-state index in [1.807, 2.05) is 6.92 Å². The lowest BCUT2D eigenvalue weighted by Gasteiger charge is -2.13. The zero-order chi connectivity index (χ0) is 17.1. The van der Waals surface area contributed by atoms with Gasteiger partial charge in [0, 0.05) is 5.92 Å². The Morgan fingerprint density at radius 1 is 0.909 bits per heavy atom. The third-order valence-electron chi connectivity index (χ3n) is 3.85. The van der Waals surface area contributed by atoms with Gasteiger partial charge in [0.25, 0.3) is 0 Å². The van der Waals surface area contributed by atoms with Gasteiger partial charge in [-0.3, -0.25) is 0 Å². The summed E-state index contributed by atoms with van der Waals surface area (Å²) in [6, 6.07) is 6.99. The van der Waals surface area contributed by atoms with Gasteiger partial charge in [-0.1, -0.05) is 46.2 Å². The molecule has 1 aromatic carbocycles. The topological polar surface area (TPSA) is 23.8 Å². The third kappa shape index (κ3) is 8.23. The van der Waals surface area contributed by atoms with Crippen LogP contribution in [-0.2, 0) is 12.8 Å². The maximum Gasteiger partial charge on any atom is 0.0652 e. The lowest BCUT2D eigenvalue weighted by atomic mass is 9.92. The van der Waals surface area contributed by atoms with E-state index in [1.54, 1.807) is 0 Å². The minimum Gasteiger partial charge on any atom is -0.198 e. The molecule has 1 rings (SSSR count). The van der Waals surface area contributed by atoms with Crippen molar-refractivity contribution in [3.05, 3.63) is 34.4 Å². The molecule has 1 aromatic rings. The molecule has 124 valence electrons. The Kier molecular flexibility index (Phi) is 10.6. The van der Waals surface area contributed by atoms with E-state index < -0.39 is 0 Å². The average Bonchev–Trinajstić information content (AvgIpc) is 2.46. The van der Waals surface area contributed by atoms with Gasteiger partial charge in [-0.25, -0.2) is 0 Å². The van der Waals surface area contributed by atoms with Crippen LogP contribution in [0.15, 0.2) is 12.1 Å². The van der Waals surface area contributed by atoms with E-state index in [2.05, 4.69) is 59.7 Å². The summed E-state index contributed by atoms with van der Waals surface area (Å²) in [5.74, 6) is 0.913. The van der Waals surface area contributed by atoms with Gasteiger partial charge in [-0.15, -0.1) is 0 Å². The van der Waals surface area contributed by atoms with Gasteiger partial charge in [0.05, 0.1) is 6.07 Å². The van der Waals surface area contributed by atoms with Crippen LogP contribution in [0.1, 0.15) is 76.1 Å². The minimum atomic E-state index is 0.153. The van der Waals surface area contributed by atoms with Crippen molar-refractivity contribution in [3.8, 4) is 6.07 Å². The monoisotopic (exact) mass is 301 g/mol. The summed E-state index contributed by atoms with van der Waals surface area (Å²) in [6.45, 7) is 15.2. The van der Waals surface area contributed by atoms with Crippen LogP contribution >= 0.6 is 0 Å². The standard InChI is InChI=1S/C18H27N.C3H8/c1-13(2)6-8-17-10-16(5)18(11-15(17)4)9-7-14(3)12-19;1-3-2/h10-11,13-14H,6-9H2,1-5H3;3H2,1-2H3. The Bertz CT molecular complexity index is 466. The van der Waals surface area contributed by atoms with Crippen LogP contribution < -0.4 is 0 Å². The molecule has 0 spiro atoms. The predicted octanol–water partition coefficient (Wildman–Crippen LogP) is 6.40. The van der Waals surface area contributed by atoms with E-state index in [0.29, 0.717) is 0 Å². The van der Waals surface area contributed by atoms with Crippen molar-refractivity contribution in [2.24, 2.45) is 11.8 Å². The Morgan fingerprint density at radius 3 is 1.68 bits per heavy atom. The van der Waals surface area contributed by atoms with Gasteiger partial charge in [0.2, 0.25) is 0 Å². The molecule has 0 N–H and O–H groups in total. The molecule has 0 fully saturated rings. The second kappa shape index (κ2) is 11.3. The molecule has 0 radical (unpaired) electrons. The summed E-state index contributed by atoms with van der Waals surface area (Å²) in [6.07, 6.45) is 5.66. The fraction of sp³-hybridized carbons (Fsp3) is 0.667. The zero-order valence-corrected chi connectivity index (χ0v) is 15.8. The SMILES string of the molecule is CCC.Cc1cc(CCC(C)C#N)c(C)cc1CCC(C)C. The molecule has 1 atom stereocenters. The molecule has 1 heteroatoms. The highest BCUT2D eigenvalue weighted by molar-refractivity contribution is 5.37. The van der Waals surface area contributed by atoms with Gasteiger partial charge in [0.15, 0.2) is 0 Å². The molecule has 1 unspecified atom stereocenters. The molecule has 22 heavy (non-hydrogen) atoms. The minimum absolute atomic E-state index is 0.153. The van der Waals surface area contributed by atoms with Gasteiger partial charge in [-0.2, -0.15) is 5.26 Å². The van der Waals surface area contributed by atoms with Crippen LogP contribution in [0, 0.1) is 37.0 Å². The van der Waals surface area contributed by atoms with Crippen molar-refractivity contribution in [2.45, 2.75) is 80.6 Å². The lowest BCUT2D eigenvalue weighted by Crippen LogP contribution is -2.01. The van der Waals surface area contributed by atoms with Crippen molar-refractivity contribution in [1.29, 1.82) is 5.26 Å². The highest BCUT2D eigenvalue weighted by Crippen LogP contribution is 2.21. The molecule has 0 aliphatic rings. The van der Waals surface area contributed by atoms with Crippen molar-refractivity contribution in [3.63, 3.8) is 0 Å². The van der Waals surface area contributed by atoms with Crippen molar-refractivity contribution >= 4 is 0 Å². The van der Waals surface area contributed by atoms with E-state index in [0.717, 1.165) is 18.8 Å². The number of hydrogen-bond donors (Lipinski definition) is 0. The molecule has 0 saturated carbocycles. The summed E-state index contributed by atoms with van der Waals surface area (Å²) in [7, 11) is 0. The first-order chi connectivity index (χ1) is 10.3. The van der Waals surface area contributed by atoms with Crippen molar-refractivity contribution < 1.29 is 0 Å². The Labute approximate surface area is 138 Å². The Balaban J connectivity index is 0.00000135. The lowest BCUT2D eigenvalue weighted by molar-refractivity contribution is 0.585. The number of hydrogen-bond acceptors (Lipinski definition) is 1. The number of nitriles is 1. The van der Waals surface area contributed by atoms with E-state index >= 15 is 0 Å². The first-order valence-electron chi connectivity index (χ1n) is 8.84. The highest BCUT2D eigenvalue weighted by atomic mass is 14.3. The van der Waals surface area contributed by atoms with Gasteiger partial charge in [0.1, 0.15) is 0 Å². The quantitative estimate of drug-likeness (QED) is 0.596. The molecule has 0 amide bonds. The molecular formula is C21H35N. The normalized spacial score (nSPS) is 11.6. The maximum atomic E-state index is 8.85. The fourth-order valence-corrected chi connectivity index (χ4v) is 2.36. The number of aryl methyl sites for hydroxylation is 4. The molecular weight excluding hydrogens is 266 g/mol. The molecule has 0 bridgehead atoms. The van der Waals surface area contributed by atoms with Gasteiger partial charge in [-0.05, 0) is 74.6 Å². The van der Waals surface area contributed by atoms with Gasteiger partial charge >= 0.3 is 0 Å². The second-order valence-electron chi connectivity index (χ2n) is 6.91. The summed E-state index contributed by atoms with van der Waals surface area (Å²) in [4.78, 5) is 0. The maximum absolute atomic E-state index is 8.85.